The van der Waals surface area contributed by atoms with Crippen molar-refractivity contribution in [3.63, 3.8) is 0 Å². The van der Waals surface area contributed by atoms with Crippen molar-refractivity contribution in [1.82, 2.24) is 4.90 Å². The minimum atomic E-state index is -2.77. The lowest BCUT2D eigenvalue weighted by Gasteiger charge is -2.41. The van der Waals surface area contributed by atoms with Crippen LogP contribution in [0.1, 0.15) is 20.8 Å². The van der Waals surface area contributed by atoms with Crippen molar-refractivity contribution in [2.75, 3.05) is 18.8 Å². The molecule has 1 fully saturated rings. The van der Waals surface area contributed by atoms with E-state index in [0.29, 0.717) is 6.04 Å². The highest BCUT2D eigenvalue weighted by molar-refractivity contribution is 7.92. The van der Waals surface area contributed by atoms with Gasteiger partial charge in [-0.15, -0.1) is 0 Å². The van der Waals surface area contributed by atoms with Gasteiger partial charge in [0.25, 0.3) is 0 Å². The Kier molecular flexibility index (Phi) is 2.78. The summed E-state index contributed by atoms with van der Waals surface area (Å²) in [5, 5.41) is -0.0927. The highest BCUT2D eigenvalue weighted by Crippen LogP contribution is 2.18. The molecule has 0 atom stereocenters. The lowest BCUT2D eigenvalue weighted by molar-refractivity contribution is 0.142. The Balaban J connectivity index is 2.45. The fourth-order valence-corrected chi connectivity index (χ4v) is 2.66. The van der Waals surface area contributed by atoms with E-state index in [9.17, 15) is 8.42 Å². The van der Waals surface area contributed by atoms with E-state index in [0.717, 1.165) is 13.1 Å². The van der Waals surface area contributed by atoms with Crippen LogP contribution < -0.4 is 0 Å². The summed E-state index contributed by atoms with van der Waals surface area (Å²) in [5.41, 5.74) is 0. The first-order valence-electron chi connectivity index (χ1n) is 4.43. The van der Waals surface area contributed by atoms with Crippen molar-refractivity contribution < 1.29 is 8.42 Å². The van der Waals surface area contributed by atoms with Crippen LogP contribution in [0.25, 0.3) is 0 Å². The third-order valence-electron chi connectivity index (χ3n) is 2.52. The molecule has 0 radical (unpaired) electrons. The molecule has 0 aromatic rings. The van der Waals surface area contributed by atoms with E-state index in [4.69, 9.17) is 0 Å². The van der Waals surface area contributed by atoms with E-state index in [-0.39, 0.29) is 11.0 Å². The van der Waals surface area contributed by atoms with Gasteiger partial charge in [-0.1, -0.05) is 6.92 Å². The molecule has 0 saturated carbocycles. The Hall–Kier alpha value is -0.0900. The molecule has 1 aliphatic rings. The van der Waals surface area contributed by atoms with Crippen LogP contribution in [0, 0.1) is 0 Å². The molecular weight excluding hydrogens is 174 g/mol. The van der Waals surface area contributed by atoms with Crippen molar-refractivity contribution in [2.45, 2.75) is 32.1 Å². The van der Waals surface area contributed by atoms with E-state index in [1.165, 1.54) is 0 Å². The zero-order valence-electron chi connectivity index (χ0n) is 7.95. The predicted molar refractivity (Wildman–Crippen MR) is 50.0 cm³/mol. The lowest BCUT2D eigenvalue weighted by atomic mass is 10.1. The van der Waals surface area contributed by atoms with E-state index >= 15 is 0 Å². The van der Waals surface area contributed by atoms with E-state index in [1.807, 2.05) is 0 Å². The SMILES string of the molecule is CCS(=O)(=O)C1CN(C(C)C)C1. The molecule has 0 bridgehead atoms. The first kappa shape index (κ1) is 9.99. The second kappa shape index (κ2) is 3.34. The van der Waals surface area contributed by atoms with Gasteiger partial charge in [0, 0.05) is 24.9 Å². The van der Waals surface area contributed by atoms with E-state index < -0.39 is 9.84 Å². The lowest BCUT2D eigenvalue weighted by Crippen LogP contribution is -2.57. The highest BCUT2D eigenvalue weighted by atomic mass is 32.2. The number of hydrogen-bond acceptors (Lipinski definition) is 3. The molecule has 0 unspecified atom stereocenters. The summed E-state index contributed by atoms with van der Waals surface area (Å²) >= 11 is 0. The predicted octanol–water partition coefficient (Wildman–Crippen LogP) is 0.514. The third-order valence-corrected chi connectivity index (χ3v) is 4.64. The van der Waals surface area contributed by atoms with Gasteiger partial charge in [-0.25, -0.2) is 8.42 Å². The number of nitrogens with zero attached hydrogens (tertiary/aromatic N) is 1. The average molecular weight is 191 g/mol. The fourth-order valence-electron chi connectivity index (χ4n) is 1.35. The molecule has 4 heteroatoms. The van der Waals surface area contributed by atoms with Crippen LogP contribution in [0.4, 0.5) is 0 Å². The van der Waals surface area contributed by atoms with E-state index in [2.05, 4.69) is 18.7 Å². The van der Waals surface area contributed by atoms with Crippen LogP contribution >= 0.6 is 0 Å². The molecule has 0 aliphatic carbocycles. The summed E-state index contributed by atoms with van der Waals surface area (Å²) in [5.74, 6) is 0.281. The van der Waals surface area contributed by atoms with Crippen LogP contribution in [0.3, 0.4) is 0 Å². The van der Waals surface area contributed by atoms with Gasteiger partial charge in [0.05, 0.1) is 5.25 Å². The summed E-state index contributed by atoms with van der Waals surface area (Å²) in [4.78, 5) is 2.18. The molecule has 1 rings (SSSR count). The number of likely N-dealkylation sites (tertiary alicyclic amines) is 1. The highest BCUT2D eigenvalue weighted by Gasteiger charge is 2.36. The number of hydrogen-bond donors (Lipinski definition) is 0. The fraction of sp³-hybridized carbons (Fsp3) is 1.00. The van der Waals surface area contributed by atoms with Gasteiger partial charge in [-0.3, -0.25) is 4.90 Å². The van der Waals surface area contributed by atoms with Crippen LogP contribution in [0.2, 0.25) is 0 Å². The molecule has 1 heterocycles. The summed E-state index contributed by atoms with van der Waals surface area (Å²) in [6.45, 7) is 7.36. The molecule has 0 N–H and O–H groups in total. The van der Waals surface area contributed by atoms with Crippen LogP contribution in [-0.4, -0.2) is 43.5 Å². The van der Waals surface area contributed by atoms with Crippen molar-refractivity contribution in [3.05, 3.63) is 0 Å². The monoisotopic (exact) mass is 191 g/mol. The van der Waals surface area contributed by atoms with Crippen LogP contribution in [0.5, 0.6) is 0 Å². The van der Waals surface area contributed by atoms with Crippen molar-refractivity contribution >= 4 is 9.84 Å². The van der Waals surface area contributed by atoms with Gasteiger partial charge in [0.2, 0.25) is 0 Å². The van der Waals surface area contributed by atoms with Gasteiger partial charge in [-0.05, 0) is 13.8 Å². The Labute approximate surface area is 74.7 Å². The third kappa shape index (κ3) is 1.80. The topological polar surface area (TPSA) is 37.4 Å². The molecule has 0 aromatic heterocycles. The number of sulfone groups is 1. The maximum Gasteiger partial charge on any atom is 0.155 e. The van der Waals surface area contributed by atoms with Crippen molar-refractivity contribution in [1.29, 1.82) is 0 Å². The Morgan fingerprint density at radius 3 is 2.25 bits per heavy atom. The maximum absolute atomic E-state index is 11.3. The minimum Gasteiger partial charge on any atom is -0.298 e. The van der Waals surface area contributed by atoms with Crippen molar-refractivity contribution in [2.24, 2.45) is 0 Å². The zero-order chi connectivity index (χ0) is 9.35. The van der Waals surface area contributed by atoms with Crippen LogP contribution in [0.15, 0.2) is 0 Å². The zero-order valence-corrected chi connectivity index (χ0v) is 8.76. The molecule has 1 saturated heterocycles. The summed E-state index contributed by atoms with van der Waals surface area (Å²) in [6, 6.07) is 0.480. The Bertz CT molecular complexity index is 240. The standard InChI is InChI=1S/C8H17NO2S/c1-4-12(10,11)8-5-9(6-8)7(2)3/h7-8H,4-6H2,1-3H3. The minimum absolute atomic E-state index is 0.0927. The molecule has 72 valence electrons. The molecule has 0 spiro atoms. The quantitative estimate of drug-likeness (QED) is 0.652. The normalized spacial score (nSPS) is 21.3. The van der Waals surface area contributed by atoms with Gasteiger partial charge in [-0.2, -0.15) is 0 Å². The second-order valence-electron chi connectivity index (χ2n) is 3.62. The number of rotatable bonds is 3. The van der Waals surface area contributed by atoms with Gasteiger partial charge < -0.3 is 0 Å². The van der Waals surface area contributed by atoms with Gasteiger partial charge in [0.1, 0.15) is 0 Å². The smallest absolute Gasteiger partial charge is 0.155 e. The van der Waals surface area contributed by atoms with Gasteiger partial charge >= 0.3 is 0 Å². The molecule has 3 nitrogen and oxygen atoms in total. The molecule has 12 heavy (non-hydrogen) atoms. The van der Waals surface area contributed by atoms with E-state index in [1.54, 1.807) is 6.92 Å². The molecule has 1 aliphatic heterocycles. The summed E-state index contributed by atoms with van der Waals surface area (Å²) < 4.78 is 22.6. The average Bonchev–Trinajstić information content (AvgIpc) is 1.82. The summed E-state index contributed by atoms with van der Waals surface area (Å²) in [6.07, 6.45) is 0. The first-order valence-corrected chi connectivity index (χ1v) is 6.14. The Morgan fingerprint density at radius 2 is 1.92 bits per heavy atom. The molecule has 0 aromatic carbocycles. The summed E-state index contributed by atoms with van der Waals surface area (Å²) in [7, 11) is -2.77. The Morgan fingerprint density at radius 1 is 1.42 bits per heavy atom. The largest absolute Gasteiger partial charge is 0.298 e. The molecular formula is C8H17NO2S. The second-order valence-corrected chi connectivity index (χ2v) is 6.19. The van der Waals surface area contributed by atoms with Crippen LogP contribution in [-0.2, 0) is 9.84 Å². The maximum atomic E-state index is 11.3. The van der Waals surface area contributed by atoms with Gasteiger partial charge in [0.15, 0.2) is 9.84 Å². The van der Waals surface area contributed by atoms with Crippen molar-refractivity contribution in [3.8, 4) is 0 Å². The molecule has 0 amide bonds. The first-order chi connectivity index (χ1) is 5.47.